The van der Waals surface area contributed by atoms with Gasteiger partial charge in [-0.2, -0.15) is 13.2 Å². The minimum absolute atomic E-state index is 0.416. The number of rotatable bonds is 7. The van der Waals surface area contributed by atoms with Crippen molar-refractivity contribution in [1.82, 2.24) is 9.97 Å². The fourth-order valence-electron chi connectivity index (χ4n) is 4.77. The first-order valence-electron chi connectivity index (χ1n) is 12.5. The van der Waals surface area contributed by atoms with Crippen LogP contribution in [0.25, 0.3) is 44.2 Å². The van der Waals surface area contributed by atoms with Gasteiger partial charge in [-0.05, 0) is 53.1 Å². The minimum atomic E-state index is -4.28. The van der Waals surface area contributed by atoms with Gasteiger partial charge in [0, 0.05) is 49.9 Å². The Bertz CT molecular complexity index is 1730. The molecule has 0 aliphatic heterocycles. The Morgan fingerprint density at radius 2 is 1.51 bits per heavy atom. The van der Waals surface area contributed by atoms with Crippen LogP contribution in [0.2, 0.25) is 0 Å². The molecule has 39 heavy (non-hydrogen) atoms. The monoisotopic (exact) mass is 539 g/mol. The Labute approximate surface area is 228 Å². The number of nitrogens with one attached hydrogen (secondary N) is 2. The molecular weight excluding hydrogens is 515 g/mol. The van der Waals surface area contributed by atoms with Crippen molar-refractivity contribution < 1.29 is 13.2 Å². The molecular formula is C32H24F3N3S. The summed E-state index contributed by atoms with van der Waals surface area (Å²) in [5.74, 6) is 0.840. The Morgan fingerprint density at radius 1 is 0.795 bits per heavy atom. The van der Waals surface area contributed by atoms with Crippen molar-refractivity contribution in [3.05, 3.63) is 115 Å². The summed E-state index contributed by atoms with van der Waals surface area (Å²) in [5.41, 5.74) is 7.31. The molecule has 3 nitrogen and oxygen atoms in total. The first-order chi connectivity index (χ1) is 18.9. The number of fused-ring (bicyclic) bond motifs is 3. The number of aromatic nitrogens is 2. The number of anilines is 1. The summed E-state index contributed by atoms with van der Waals surface area (Å²) in [6.07, 6.45) is -2.44. The molecule has 0 bridgehead atoms. The lowest BCUT2D eigenvalue weighted by atomic mass is 9.92. The Hall–Kier alpha value is -4.23. The molecule has 0 saturated heterocycles. The number of nitrogens with zero attached hydrogens (tertiary/aromatic N) is 1. The molecule has 6 aromatic rings. The molecule has 2 heterocycles. The van der Waals surface area contributed by atoms with Crippen LogP contribution in [0.3, 0.4) is 0 Å². The molecule has 4 aromatic carbocycles. The van der Waals surface area contributed by atoms with Crippen molar-refractivity contribution in [1.29, 1.82) is 0 Å². The smallest absolute Gasteiger partial charge is 0.376 e. The highest BCUT2D eigenvalue weighted by molar-refractivity contribution is 7.98. The van der Waals surface area contributed by atoms with E-state index in [1.165, 1.54) is 10.5 Å². The molecule has 2 N–H and O–H groups in total. The van der Waals surface area contributed by atoms with Crippen molar-refractivity contribution in [2.24, 2.45) is 0 Å². The summed E-state index contributed by atoms with van der Waals surface area (Å²) in [5, 5.41) is 4.56. The van der Waals surface area contributed by atoms with Gasteiger partial charge in [0.2, 0.25) is 0 Å². The summed E-state index contributed by atoms with van der Waals surface area (Å²) in [6, 6.07) is 34.0. The van der Waals surface area contributed by atoms with Crippen molar-refractivity contribution in [3.8, 4) is 22.3 Å². The van der Waals surface area contributed by atoms with E-state index in [-0.39, 0.29) is 0 Å². The number of thioether (sulfide) groups is 1. The minimum Gasteiger partial charge on any atom is -0.376 e. The maximum Gasteiger partial charge on any atom is 0.405 e. The standard InChI is InChI=1S/C32H24F3N3S/c33-32(34,35)20-37-24-14-12-22(13-15-24)27-18-36-31-30(29(27)23-7-3-1-4-8-23)26-17-21(11-16-28(26)38-31)19-39-25-9-5-2-6-10-25/h1-18,37H,19-20H2,(H,36,38). The number of aromatic amines is 1. The first kappa shape index (κ1) is 25.1. The van der Waals surface area contributed by atoms with E-state index in [9.17, 15) is 13.2 Å². The van der Waals surface area contributed by atoms with Gasteiger partial charge in [-0.3, -0.25) is 0 Å². The maximum atomic E-state index is 12.7. The van der Waals surface area contributed by atoms with E-state index in [0.29, 0.717) is 5.69 Å². The number of benzene rings is 4. The molecule has 0 saturated carbocycles. The van der Waals surface area contributed by atoms with Crippen LogP contribution in [0.4, 0.5) is 18.9 Å². The van der Waals surface area contributed by atoms with E-state index in [1.807, 2.05) is 54.7 Å². The summed E-state index contributed by atoms with van der Waals surface area (Å²) < 4.78 is 38.0. The fraction of sp³-hybridized carbons (Fsp3) is 0.0938. The average Bonchev–Trinajstić information content (AvgIpc) is 3.33. The number of alkyl halides is 3. The van der Waals surface area contributed by atoms with Crippen LogP contribution in [-0.2, 0) is 5.75 Å². The van der Waals surface area contributed by atoms with Crippen molar-refractivity contribution in [3.63, 3.8) is 0 Å². The van der Waals surface area contributed by atoms with E-state index >= 15 is 0 Å². The number of halogens is 3. The molecule has 0 amide bonds. The second-order valence-electron chi connectivity index (χ2n) is 9.29. The van der Waals surface area contributed by atoms with Crippen LogP contribution in [0.15, 0.2) is 114 Å². The third-order valence-electron chi connectivity index (χ3n) is 6.59. The zero-order chi connectivity index (χ0) is 26.8. The molecule has 0 unspecified atom stereocenters. The lowest BCUT2D eigenvalue weighted by Crippen LogP contribution is -2.21. The molecule has 0 atom stereocenters. The van der Waals surface area contributed by atoms with E-state index in [1.54, 1.807) is 23.9 Å². The molecule has 0 aliphatic rings. The first-order valence-corrected chi connectivity index (χ1v) is 13.5. The maximum absolute atomic E-state index is 12.7. The number of pyridine rings is 1. The SMILES string of the molecule is FC(F)(F)CNc1ccc(-c2cnc3[nH]c4ccc(CSc5ccccc5)cc4c3c2-c2ccccc2)cc1. The van der Waals surface area contributed by atoms with E-state index in [4.69, 9.17) is 4.98 Å². The molecule has 6 rings (SSSR count). The summed E-state index contributed by atoms with van der Waals surface area (Å²) in [6.45, 7) is -1.07. The topological polar surface area (TPSA) is 40.7 Å². The molecule has 0 spiro atoms. The molecule has 0 aliphatic carbocycles. The zero-order valence-electron chi connectivity index (χ0n) is 20.8. The van der Waals surface area contributed by atoms with Crippen LogP contribution in [-0.4, -0.2) is 22.7 Å². The molecule has 7 heteroatoms. The van der Waals surface area contributed by atoms with Crippen molar-refractivity contribution >= 4 is 39.4 Å². The molecule has 0 fully saturated rings. The predicted octanol–water partition coefficient (Wildman–Crippen LogP) is 9.32. The van der Waals surface area contributed by atoms with Crippen LogP contribution in [0, 0.1) is 0 Å². The third-order valence-corrected chi connectivity index (χ3v) is 7.67. The summed E-state index contributed by atoms with van der Waals surface area (Å²) in [4.78, 5) is 9.46. The van der Waals surface area contributed by atoms with Crippen molar-refractivity contribution in [2.75, 3.05) is 11.9 Å². The van der Waals surface area contributed by atoms with Crippen LogP contribution < -0.4 is 5.32 Å². The number of H-pyrrole nitrogens is 1. The Kier molecular flexibility index (Phi) is 6.75. The summed E-state index contributed by atoms with van der Waals surface area (Å²) in [7, 11) is 0. The van der Waals surface area contributed by atoms with Gasteiger partial charge >= 0.3 is 6.18 Å². The largest absolute Gasteiger partial charge is 0.405 e. The van der Waals surface area contributed by atoms with Crippen LogP contribution in [0.1, 0.15) is 5.56 Å². The lowest BCUT2D eigenvalue weighted by Gasteiger charge is -2.14. The normalized spacial score (nSPS) is 11.8. The van der Waals surface area contributed by atoms with Gasteiger partial charge in [0.05, 0.1) is 0 Å². The zero-order valence-corrected chi connectivity index (χ0v) is 21.6. The highest BCUT2D eigenvalue weighted by Gasteiger charge is 2.26. The van der Waals surface area contributed by atoms with Crippen molar-refractivity contribution in [2.45, 2.75) is 16.8 Å². The molecule has 2 aromatic heterocycles. The van der Waals surface area contributed by atoms with E-state index < -0.39 is 12.7 Å². The van der Waals surface area contributed by atoms with Gasteiger partial charge in [-0.25, -0.2) is 4.98 Å². The second-order valence-corrected chi connectivity index (χ2v) is 10.3. The van der Waals surface area contributed by atoms with Gasteiger partial charge in [0.25, 0.3) is 0 Å². The Balaban J connectivity index is 1.45. The van der Waals surface area contributed by atoms with Gasteiger partial charge in [0.15, 0.2) is 0 Å². The van der Waals surface area contributed by atoms with Crippen LogP contribution >= 0.6 is 11.8 Å². The second kappa shape index (κ2) is 10.5. The molecule has 194 valence electrons. The quantitative estimate of drug-likeness (QED) is 0.199. The lowest BCUT2D eigenvalue weighted by molar-refractivity contribution is -0.115. The highest BCUT2D eigenvalue weighted by Crippen LogP contribution is 2.41. The van der Waals surface area contributed by atoms with Gasteiger partial charge in [-0.1, -0.05) is 66.7 Å². The third kappa shape index (κ3) is 5.49. The number of hydrogen-bond donors (Lipinski definition) is 2. The average molecular weight is 540 g/mol. The highest BCUT2D eigenvalue weighted by atomic mass is 32.2. The number of hydrogen-bond acceptors (Lipinski definition) is 3. The van der Waals surface area contributed by atoms with Crippen LogP contribution in [0.5, 0.6) is 0 Å². The van der Waals surface area contributed by atoms with E-state index in [0.717, 1.165) is 49.9 Å². The van der Waals surface area contributed by atoms with E-state index in [2.05, 4.69) is 52.8 Å². The van der Waals surface area contributed by atoms with Gasteiger partial charge in [0.1, 0.15) is 12.2 Å². The fourth-order valence-corrected chi connectivity index (χ4v) is 5.63. The predicted molar refractivity (Wildman–Crippen MR) is 155 cm³/mol. The molecule has 0 radical (unpaired) electrons. The summed E-state index contributed by atoms with van der Waals surface area (Å²) >= 11 is 1.80. The van der Waals surface area contributed by atoms with Gasteiger partial charge < -0.3 is 10.3 Å². The Morgan fingerprint density at radius 3 is 2.23 bits per heavy atom. The van der Waals surface area contributed by atoms with Gasteiger partial charge in [-0.15, -0.1) is 11.8 Å².